The first-order valence-electron chi connectivity index (χ1n) is 10.5. The molecule has 1 heterocycles. The van der Waals surface area contributed by atoms with Gasteiger partial charge in [-0.1, -0.05) is 12.1 Å². The van der Waals surface area contributed by atoms with Gasteiger partial charge in [0.15, 0.2) is 0 Å². The summed E-state index contributed by atoms with van der Waals surface area (Å²) in [5, 5.41) is 14.1. The fourth-order valence-electron chi connectivity index (χ4n) is 3.90. The molecule has 1 aliphatic carbocycles. The molecule has 33 heavy (non-hydrogen) atoms. The maximum absolute atomic E-state index is 13.2. The van der Waals surface area contributed by atoms with Gasteiger partial charge >= 0.3 is 0 Å². The summed E-state index contributed by atoms with van der Waals surface area (Å²) in [6.45, 7) is 0.217. The van der Waals surface area contributed by atoms with Crippen molar-refractivity contribution < 1.29 is 22.8 Å². The highest BCUT2D eigenvalue weighted by molar-refractivity contribution is 7.89. The van der Waals surface area contributed by atoms with Crippen LogP contribution in [0.25, 0.3) is 0 Å². The Bertz CT molecular complexity index is 1250. The largest absolute Gasteiger partial charge is 0.330 e. The van der Waals surface area contributed by atoms with Gasteiger partial charge in [0, 0.05) is 12.5 Å². The summed E-state index contributed by atoms with van der Waals surface area (Å²) in [7, 11) is -3.80. The smallest absolute Gasteiger partial charge is 0.257 e. The molecule has 2 fully saturated rings. The number of benzene rings is 2. The molecule has 1 saturated carbocycles. The van der Waals surface area contributed by atoms with E-state index in [1.807, 2.05) is 6.07 Å². The predicted octanol–water partition coefficient (Wildman–Crippen LogP) is 1.32. The van der Waals surface area contributed by atoms with Gasteiger partial charge < -0.3 is 4.90 Å². The van der Waals surface area contributed by atoms with Crippen LogP contribution in [0.3, 0.4) is 0 Å². The van der Waals surface area contributed by atoms with Gasteiger partial charge in [0.25, 0.3) is 5.91 Å². The van der Waals surface area contributed by atoms with Crippen molar-refractivity contribution in [3.05, 3.63) is 59.7 Å². The van der Waals surface area contributed by atoms with Gasteiger partial charge in [0.05, 0.1) is 28.6 Å². The van der Waals surface area contributed by atoms with Gasteiger partial charge in [-0.3, -0.25) is 14.4 Å². The Morgan fingerprint density at radius 1 is 1.09 bits per heavy atom. The third-order valence-electron chi connectivity index (χ3n) is 5.86. The average Bonchev–Trinajstić information content (AvgIpc) is 3.60. The lowest BCUT2D eigenvalue weighted by Crippen LogP contribution is -2.47. The molecule has 2 aliphatic rings. The van der Waals surface area contributed by atoms with Crippen molar-refractivity contribution in [3.8, 4) is 6.07 Å². The van der Waals surface area contributed by atoms with Gasteiger partial charge in [0.1, 0.15) is 6.04 Å². The zero-order valence-corrected chi connectivity index (χ0v) is 18.5. The summed E-state index contributed by atoms with van der Waals surface area (Å²) < 4.78 is 22.9. The van der Waals surface area contributed by atoms with E-state index in [-0.39, 0.29) is 29.7 Å². The zero-order valence-electron chi connectivity index (χ0n) is 17.7. The van der Waals surface area contributed by atoms with E-state index < -0.39 is 27.9 Å². The van der Waals surface area contributed by atoms with Gasteiger partial charge in [-0.2, -0.15) is 5.26 Å². The Hall–Kier alpha value is -3.55. The molecular weight excluding hydrogens is 444 g/mol. The molecular formula is C23H22N4O5S. The predicted molar refractivity (Wildman–Crippen MR) is 118 cm³/mol. The lowest BCUT2D eigenvalue weighted by molar-refractivity contribution is -0.139. The minimum atomic E-state index is -3.80. The van der Waals surface area contributed by atoms with Crippen LogP contribution < -0.4 is 10.0 Å². The summed E-state index contributed by atoms with van der Waals surface area (Å²) in [5.74, 6) is -1.16. The standard InChI is InChI=1S/C23H22N4O5S/c24-14-16-1-7-18(8-2-16)27-21(28)13-20(23(27)30)26(22(29)17-5-6-17)12-11-15-3-9-19(10-4-15)33(25,31)32/h1-4,7-10,17,20H,5-6,11-13H2,(H2,25,31,32). The molecule has 1 saturated heterocycles. The third-order valence-corrected chi connectivity index (χ3v) is 6.79. The summed E-state index contributed by atoms with van der Waals surface area (Å²) in [6, 6.07) is 13.3. The van der Waals surface area contributed by atoms with Crippen molar-refractivity contribution in [2.75, 3.05) is 11.4 Å². The van der Waals surface area contributed by atoms with Crippen molar-refractivity contribution in [1.29, 1.82) is 5.26 Å². The van der Waals surface area contributed by atoms with Crippen molar-refractivity contribution >= 4 is 33.4 Å². The van der Waals surface area contributed by atoms with Crippen LogP contribution in [0.15, 0.2) is 53.4 Å². The molecule has 3 amide bonds. The molecule has 9 nitrogen and oxygen atoms in total. The van der Waals surface area contributed by atoms with E-state index in [2.05, 4.69) is 0 Å². The monoisotopic (exact) mass is 466 g/mol. The van der Waals surface area contributed by atoms with Gasteiger partial charge in [0.2, 0.25) is 21.8 Å². The number of nitrogens with two attached hydrogens (primary N) is 1. The Morgan fingerprint density at radius 2 is 1.73 bits per heavy atom. The molecule has 1 atom stereocenters. The first kappa shape index (κ1) is 22.6. The van der Waals surface area contributed by atoms with Gasteiger partial charge in [-0.15, -0.1) is 0 Å². The number of nitrogens with zero attached hydrogens (tertiary/aromatic N) is 3. The molecule has 10 heteroatoms. The Labute approximate surface area is 191 Å². The van der Waals surface area contributed by atoms with Gasteiger partial charge in [-0.05, 0) is 61.2 Å². The van der Waals surface area contributed by atoms with Crippen LogP contribution in [0.4, 0.5) is 5.69 Å². The Balaban J connectivity index is 1.53. The fourth-order valence-corrected chi connectivity index (χ4v) is 4.41. The highest BCUT2D eigenvalue weighted by atomic mass is 32.2. The van der Waals surface area contributed by atoms with Crippen molar-refractivity contribution in [1.82, 2.24) is 4.90 Å². The number of hydrogen-bond donors (Lipinski definition) is 1. The van der Waals surface area contributed by atoms with E-state index in [0.717, 1.165) is 23.3 Å². The Morgan fingerprint density at radius 3 is 2.27 bits per heavy atom. The number of imide groups is 1. The topological polar surface area (TPSA) is 142 Å². The van der Waals surface area contributed by atoms with E-state index in [0.29, 0.717) is 17.7 Å². The van der Waals surface area contributed by atoms with Crippen LogP contribution >= 0.6 is 0 Å². The summed E-state index contributed by atoms with van der Waals surface area (Å²) in [4.78, 5) is 41.4. The van der Waals surface area contributed by atoms with Crippen LogP contribution in [0.1, 0.15) is 30.4 Å². The fraction of sp³-hybridized carbons (Fsp3) is 0.304. The Kier molecular flexibility index (Phi) is 6.01. The summed E-state index contributed by atoms with van der Waals surface area (Å²) in [5.41, 5.74) is 1.55. The second-order valence-corrected chi connectivity index (χ2v) is 9.75. The number of sulfonamides is 1. The van der Waals surface area contributed by atoms with E-state index in [4.69, 9.17) is 10.4 Å². The maximum Gasteiger partial charge on any atom is 0.257 e. The number of anilines is 1. The minimum Gasteiger partial charge on any atom is -0.330 e. The zero-order chi connectivity index (χ0) is 23.8. The second-order valence-electron chi connectivity index (χ2n) is 8.19. The second kappa shape index (κ2) is 8.77. The van der Waals surface area contributed by atoms with E-state index in [1.54, 1.807) is 12.1 Å². The van der Waals surface area contributed by atoms with Crippen molar-refractivity contribution in [2.24, 2.45) is 11.1 Å². The molecule has 2 aromatic carbocycles. The average molecular weight is 467 g/mol. The number of amides is 3. The molecule has 0 radical (unpaired) electrons. The molecule has 2 aromatic rings. The molecule has 1 aliphatic heterocycles. The number of carbonyl (C=O) groups excluding carboxylic acids is 3. The number of carbonyl (C=O) groups is 3. The van der Waals surface area contributed by atoms with Crippen LogP contribution in [0.2, 0.25) is 0 Å². The molecule has 0 aromatic heterocycles. The lowest BCUT2D eigenvalue weighted by Gasteiger charge is -2.28. The van der Waals surface area contributed by atoms with Crippen LogP contribution in [0.5, 0.6) is 0 Å². The summed E-state index contributed by atoms with van der Waals surface area (Å²) >= 11 is 0. The number of primary sulfonamides is 1. The van der Waals surface area contributed by atoms with Crippen molar-refractivity contribution in [2.45, 2.75) is 36.6 Å². The normalized spacial score (nSPS) is 18.3. The highest BCUT2D eigenvalue weighted by Crippen LogP contribution is 2.34. The molecule has 4 rings (SSSR count). The summed E-state index contributed by atoms with van der Waals surface area (Å²) in [6.07, 6.45) is 1.79. The van der Waals surface area contributed by atoms with Crippen LogP contribution in [-0.2, 0) is 30.8 Å². The minimum absolute atomic E-state index is 0.00760. The van der Waals surface area contributed by atoms with Gasteiger partial charge in [-0.25, -0.2) is 18.5 Å². The molecule has 2 N–H and O–H groups in total. The number of rotatable bonds is 7. The van der Waals surface area contributed by atoms with Crippen LogP contribution in [0, 0.1) is 17.2 Å². The molecule has 0 spiro atoms. The first-order valence-corrected chi connectivity index (χ1v) is 12.0. The SMILES string of the molecule is N#Cc1ccc(N2C(=O)CC(N(CCc3ccc(S(N)(=O)=O)cc3)C(=O)C3CC3)C2=O)cc1. The molecule has 1 unspecified atom stereocenters. The third kappa shape index (κ3) is 4.79. The number of nitriles is 1. The van der Waals surface area contributed by atoms with E-state index in [1.165, 1.54) is 41.3 Å². The lowest BCUT2D eigenvalue weighted by atomic mass is 10.1. The number of hydrogen-bond acceptors (Lipinski definition) is 6. The van der Waals surface area contributed by atoms with E-state index in [9.17, 15) is 22.8 Å². The highest BCUT2D eigenvalue weighted by Gasteiger charge is 2.46. The van der Waals surface area contributed by atoms with Crippen molar-refractivity contribution in [3.63, 3.8) is 0 Å². The van der Waals surface area contributed by atoms with E-state index >= 15 is 0 Å². The maximum atomic E-state index is 13.2. The molecule has 170 valence electrons. The molecule has 0 bridgehead atoms. The van der Waals surface area contributed by atoms with Crippen LogP contribution in [-0.4, -0.2) is 43.6 Å². The quantitative estimate of drug-likeness (QED) is 0.610. The first-order chi connectivity index (χ1) is 15.7.